The maximum atomic E-state index is 12.5. The number of piperidine rings is 1. The summed E-state index contributed by atoms with van der Waals surface area (Å²) in [6.45, 7) is 7.21. The molecule has 1 aliphatic rings. The Hall–Kier alpha value is -1.79. The van der Waals surface area contributed by atoms with Crippen LogP contribution in [0.5, 0.6) is 0 Å². The van der Waals surface area contributed by atoms with Gasteiger partial charge in [0.05, 0.1) is 0 Å². The van der Waals surface area contributed by atoms with E-state index in [1.807, 2.05) is 13.8 Å². The molecule has 1 fully saturated rings. The van der Waals surface area contributed by atoms with Crippen molar-refractivity contribution in [3.63, 3.8) is 0 Å². The zero-order valence-electron chi connectivity index (χ0n) is 13.0. The summed E-state index contributed by atoms with van der Waals surface area (Å²) in [5.74, 6) is -0.347. The maximum Gasteiger partial charge on any atom is 0.233 e. The van der Waals surface area contributed by atoms with Crippen LogP contribution < -0.4 is 11.1 Å². The average molecular weight is 298 g/mol. The largest absolute Gasteiger partial charge is 0.409 e. The molecule has 7 nitrogen and oxygen atoms in total. The minimum absolute atomic E-state index is 0.0227. The fraction of sp³-hybridized carbons (Fsp3) is 0.786. The number of carbonyl (C=O) groups is 2. The summed E-state index contributed by atoms with van der Waals surface area (Å²) in [7, 11) is 0. The fourth-order valence-corrected chi connectivity index (χ4v) is 2.66. The third kappa shape index (κ3) is 4.91. The monoisotopic (exact) mass is 298 g/mol. The number of amidine groups is 1. The van der Waals surface area contributed by atoms with Crippen molar-refractivity contribution in [1.82, 2.24) is 10.2 Å². The Kier molecular flexibility index (Phi) is 6.45. The Bertz CT molecular complexity index is 401. The SMILES string of the molecule is CC(=O)NCC1CCN(C(=O)C(C(N)=NO)C(C)C)CC1. The summed E-state index contributed by atoms with van der Waals surface area (Å²) in [6, 6.07) is 0. The summed E-state index contributed by atoms with van der Waals surface area (Å²) < 4.78 is 0. The van der Waals surface area contributed by atoms with Crippen molar-refractivity contribution in [2.24, 2.45) is 28.6 Å². The van der Waals surface area contributed by atoms with Crippen LogP contribution >= 0.6 is 0 Å². The lowest BCUT2D eigenvalue weighted by Crippen LogP contribution is -2.48. The molecular weight excluding hydrogens is 272 g/mol. The molecule has 0 radical (unpaired) electrons. The van der Waals surface area contributed by atoms with Crippen molar-refractivity contribution in [3.05, 3.63) is 0 Å². The lowest BCUT2D eigenvalue weighted by atomic mass is 9.90. The van der Waals surface area contributed by atoms with Gasteiger partial charge in [0.2, 0.25) is 11.8 Å². The topological polar surface area (TPSA) is 108 Å². The zero-order valence-corrected chi connectivity index (χ0v) is 13.0. The number of hydrogen-bond donors (Lipinski definition) is 3. The van der Waals surface area contributed by atoms with Gasteiger partial charge in [0.1, 0.15) is 5.92 Å². The standard InChI is InChI=1S/C14H26N4O3/c1-9(2)12(13(15)17-21)14(20)18-6-4-11(5-7-18)8-16-10(3)19/h9,11-12,21H,4-8H2,1-3H3,(H2,15,17)(H,16,19). The second kappa shape index (κ2) is 7.85. The number of hydrogen-bond acceptors (Lipinski definition) is 4. The number of nitrogens with one attached hydrogen (secondary N) is 1. The van der Waals surface area contributed by atoms with E-state index in [2.05, 4.69) is 10.5 Å². The number of oxime groups is 1. The van der Waals surface area contributed by atoms with E-state index in [-0.39, 0.29) is 23.6 Å². The molecule has 120 valence electrons. The Labute approximate surface area is 125 Å². The van der Waals surface area contributed by atoms with Gasteiger partial charge in [-0.25, -0.2) is 0 Å². The second-order valence-electron chi connectivity index (χ2n) is 5.95. The van der Waals surface area contributed by atoms with Gasteiger partial charge in [-0.2, -0.15) is 0 Å². The molecule has 0 aromatic rings. The number of amides is 2. The molecule has 1 saturated heterocycles. The Balaban J connectivity index is 2.56. The lowest BCUT2D eigenvalue weighted by Gasteiger charge is -2.34. The Morgan fingerprint density at radius 2 is 1.95 bits per heavy atom. The van der Waals surface area contributed by atoms with E-state index in [9.17, 15) is 9.59 Å². The van der Waals surface area contributed by atoms with E-state index in [1.54, 1.807) is 4.90 Å². The molecule has 1 rings (SSSR count). The van der Waals surface area contributed by atoms with Crippen LogP contribution in [0.3, 0.4) is 0 Å². The highest BCUT2D eigenvalue weighted by Crippen LogP contribution is 2.21. The highest BCUT2D eigenvalue weighted by atomic mass is 16.4. The molecule has 21 heavy (non-hydrogen) atoms. The molecule has 1 heterocycles. The van der Waals surface area contributed by atoms with E-state index in [4.69, 9.17) is 10.9 Å². The van der Waals surface area contributed by atoms with Crippen LogP contribution in [-0.2, 0) is 9.59 Å². The number of carbonyl (C=O) groups excluding carboxylic acids is 2. The van der Waals surface area contributed by atoms with Crippen molar-refractivity contribution >= 4 is 17.6 Å². The van der Waals surface area contributed by atoms with E-state index >= 15 is 0 Å². The predicted molar refractivity (Wildman–Crippen MR) is 79.7 cm³/mol. The molecule has 0 bridgehead atoms. The molecule has 0 aromatic heterocycles. The fourth-order valence-electron chi connectivity index (χ4n) is 2.66. The number of rotatable bonds is 5. The smallest absolute Gasteiger partial charge is 0.233 e. The van der Waals surface area contributed by atoms with E-state index < -0.39 is 5.92 Å². The van der Waals surface area contributed by atoms with Crippen LogP contribution in [0.1, 0.15) is 33.6 Å². The summed E-state index contributed by atoms with van der Waals surface area (Å²) in [4.78, 5) is 25.2. The van der Waals surface area contributed by atoms with E-state index in [0.717, 1.165) is 12.8 Å². The van der Waals surface area contributed by atoms with Crippen LogP contribution in [-0.4, -0.2) is 47.4 Å². The first-order valence-corrected chi connectivity index (χ1v) is 7.37. The summed E-state index contributed by atoms with van der Waals surface area (Å²) in [5.41, 5.74) is 5.64. The van der Waals surface area contributed by atoms with Crippen LogP contribution in [0, 0.1) is 17.8 Å². The van der Waals surface area contributed by atoms with Gasteiger partial charge >= 0.3 is 0 Å². The predicted octanol–water partition coefficient (Wildman–Crippen LogP) is 0.380. The van der Waals surface area contributed by atoms with Crippen LogP contribution in [0.2, 0.25) is 0 Å². The first kappa shape index (κ1) is 17.3. The van der Waals surface area contributed by atoms with Crippen molar-refractivity contribution in [3.8, 4) is 0 Å². The third-order valence-corrected chi connectivity index (χ3v) is 3.93. The van der Waals surface area contributed by atoms with Crippen LogP contribution in [0.25, 0.3) is 0 Å². The van der Waals surface area contributed by atoms with Gasteiger partial charge in [0.15, 0.2) is 5.84 Å². The zero-order chi connectivity index (χ0) is 16.0. The van der Waals surface area contributed by atoms with Crippen LogP contribution in [0.15, 0.2) is 5.16 Å². The molecule has 2 amide bonds. The molecule has 0 saturated carbocycles. The quantitative estimate of drug-likeness (QED) is 0.295. The average Bonchev–Trinajstić information content (AvgIpc) is 2.45. The van der Waals surface area contributed by atoms with Crippen LogP contribution in [0.4, 0.5) is 0 Å². The van der Waals surface area contributed by atoms with Gasteiger partial charge in [0.25, 0.3) is 0 Å². The first-order valence-electron chi connectivity index (χ1n) is 7.37. The highest BCUT2D eigenvalue weighted by Gasteiger charge is 2.32. The van der Waals surface area contributed by atoms with Gasteiger partial charge in [-0.3, -0.25) is 9.59 Å². The van der Waals surface area contributed by atoms with E-state index in [1.165, 1.54) is 6.92 Å². The van der Waals surface area contributed by atoms with Gasteiger partial charge in [0, 0.05) is 26.6 Å². The molecule has 1 aliphatic heterocycles. The van der Waals surface area contributed by atoms with Crippen molar-refractivity contribution in [1.29, 1.82) is 0 Å². The summed E-state index contributed by atoms with van der Waals surface area (Å²) >= 11 is 0. The number of nitrogens with zero attached hydrogens (tertiary/aromatic N) is 2. The molecule has 4 N–H and O–H groups in total. The molecule has 1 unspecified atom stereocenters. The molecule has 0 spiro atoms. The highest BCUT2D eigenvalue weighted by molar-refractivity contribution is 6.02. The first-order chi connectivity index (χ1) is 9.86. The van der Waals surface area contributed by atoms with E-state index in [0.29, 0.717) is 25.6 Å². The minimum atomic E-state index is -0.582. The van der Waals surface area contributed by atoms with Gasteiger partial charge < -0.3 is 21.2 Å². The van der Waals surface area contributed by atoms with Gasteiger partial charge in [-0.15, -0.1) is 0 Å². The second-order valence-corrected chi connectivity index (χ2v) is 5.95. The summed E-state index contributed by atoms with van der Waals surface area (Å²) in [5, 5.41) is 14.6. The van der Waals surface area contributed by atoms with Crippen molar-refractivity contribution < 1.29 is 14.8 Å². The lowest BCUT2D eigenvalue weighted by molar-refractivity contribution is -0.136. The Morgan fingerprint density at radius 1 is 1.38 bits per heavy atom. The minimum Gasteiger partial charge on any atom is -0.409 e. The maximum absolute atomic E-state index is 12.5. The third-order valence-electron chi connectivity index (χ3n) is 3.93. The molecular formula is C14H26N4O3. The van der Waals surface area contributed by atoms with Crippen molar-refractivity contribution in [2.45, 2.75) is 33.6 Å². The molecule has 0 aliphatic carbocycles. The van der Waals surface area contributed by atoms with Gasteiger partial charge in [-0.05, 0) is 24.7 Å². The molecule has 0 aromatic carbocycles. The Morgan fingerprint density at radius 3 is 2.38 bits per heavy atom. The van der Waals surface area contributed by atoms with Gasteiger partial charge in [-0.1, -0.05) is 19.0 Å². The summed E-state index contributed by atoms with van der Waals surface area (Å²) in [6.07, 6.45) is 1.71. The van der Waals surface area contributed by atoms with Crippen molar-refractivity contribution in [2.75, 3.05) is 19.6 Å². The normalized spacial score (nSPS) is 18.7. The molecule has 1 atom stereocenters. The molecule has 7 heteroatoms. The number of nitrogens with two attached hydrogens (primary N) is 1. The number of likely N-dealkylation sites (tertiary alicyclic amines) is 1.